The van der Waals surface area contributed by atoms with Gasteiger partial charge in [0.1, 0.15) is 5.75 Å². The molecule has 0 unspecified atom stereocenters. The molecule has 0 saturated carbocycles. The molecule has 4 nitrogen and oxygen atoms in total. The van der Waals surface area contributed by atoms with E-state index in [-0.39, 0.29) is 12.5 Å². The summed E-state index contributed by atoms with van der Waals surface area (Å²) in [4.78, 5) is 17.2. The van der Waals surface area contributed by atoms with Gasteiger partial charge < -0.3 is 4.74 Å². The largest absolute Gasteiger partial charge is 0.484 e. The Kier molecular flexibility index (Phi) is 4.96. The molecule has 1 heterocycles. The molecule has 0 bridgehead atoms. The number of ether oxygens (including phenoxy) is 1. The second-order valence-corrected chi connectivity index (χ2v) is 6.43. The Labute approximate surface area is 129 Å². The molecular weight excluding hydrogens is 284 g/mol. The lowest BCUT2D eigenvalue weighted by Gasteiger charge is -2.09. The first-order valence-corrected chi connectivity index (χ1v) is 7.74. The standard InChI is InChI=1S/C16H20N2O2S/c1-10(2)13-6-5-7-14(8-13)20-9-15(19)18-16-17-11(3)12(4)21-16/h5-8,10H,9H2,1-4H3,(H,17,18,19). The van der Waals surface area contributed by atoms with Gasteiger partial charge in [-0.05, 0) is 37.5 Å². The van der Waals surface area contributed by atoms with Crippen LogP contribution in [-0.2, 0) is 4.79 Å². The quantitative estimate of drug-likeness (QED) is 0.911. The highest BCUT2D eigenvalue weighted by molar-refractivity contribution is 7.15. The van der Waals surface area contributed by atoms with Crippen LogP contribution in [0, 0.1) is 13.8 Å². The van der Waals surface area contributed by atoms with Crippen molar-refractivity contribution in [3.63, 3.8) is 0 Å². The monoisotopic (exact) mass is 304 g/mol. The Morgan fingerprint density at radius 1 is 1.38 bits per heavy atom. The molecule has 0 aliphatic rings. The lowest BCUT2D eigenvalue weighted by Crippen LogP contribution is -2.20. The summed E-state index contributed by atoms with van der Waals surface area (Å²) in [6.45, 7) is 8.14. The Hall–Kier alpha value is -1.88. The molecule has 1 amide bonds. The second kappa shape index (κ2) is 6.72. The summed E-state index contributed by atoms with van der Waals surface area (Å²) < 4.78 is 5.53. The van der Waals surface area contributed by atoms with E-state index < -0.39 is 0 Å². The van der Waals surface area contributed by atoms with Gasteiger partial charge in [0, 0.05) is 4.88 Å². The smallest absolute Gasteiger partial charge is 0.264 e. The topological polar surface area (TPSA) is 51.2 Å². The van der Waals surface area contributed by atoms with Gasteiger partial charge in [-0.2, -0.15) is 0 Å². The Balaban J connectivity index is 1.90. The minimum Gasteiger partial charge on any atom is -0.484 e. The first-order valence-electron chi connectivity index (χ1n) is 6.92. The predicted molar refractivity (Wildman–Crippen MR) is 86.2 cm³/mol. The zero-order valence-corrected chi connectivity index (χ0v) is 13.6. The van der Waals surface area contributed by atoms with E-state index in [1.165, 1.54) is 16.9 Å². The van der Waals surface area contributed by atoms with Crippen LogP contribution in [0.3, 0.4) is 0 Å². The molecule has 2 aromatic rings. The number of nitrogens with one attached hydrogen (secondary N) is 1. The fourth-order valence-electron chi connectivity index (χ4n) is 1.79. The van der Waals surface area contributed by atoms with E-state index in [4.69, 9.17) is 4.74 Å². The van der Waals surface area contributed by atoms with E-state index in [9.17, 15) is 4.79 Å². The van der Waals surface area contributed by atoms with Crippen molar-refractivity contribution in [3.8, 4) is 5.75 Å². The maximum Gasteiger partial charge on any atom is 0.264 e. The third-order valence-corrected chi connectivity index (χ3v) is 4.16. The lowest BCUT2D eigenvalue weighted by molar-refractivity contribution is -0.118. The Morgan fingerprint density at radius 2 is 2.14 bits per heavy atom. The third kappa shape index (κ3) is 4.29. The lowest BCUT2D eigenvalue weighted by atomic mass is 10.0. The van der Waals surface area contributed by atoms with Crippen LogP contribution in [0.15, 0.2) is 24.3 Å². The normalized spacial score (nSPS) is 10.7. The zero-order valence-electron chi connectivity index (χ0n) is 12.8. The van der Waals surface area contributed by atoms with Crippen molar-refractivity contribution in [1.82, 2.24) is 4.98 Å². The highest BCUT2D eigenvalue weighted by Crippen LogP contribution is 2.22. The van der Waals surface area contributed by atoms with E-state index >= 15 is 0 Å². The van der Waals surface area contributed by atoms with Crippen LogP contribution in [0.5, 0.6) is 5.75 Å². The number of aryl methyl sites for hydroxylation is 2. The summed E-state index contributed by atoms with van der Waals surface area (Å²) in [5, 5.41) is 3.37. The fourth-order valence-corrected chi connectivity index (χ4v) is 2.62. The SMILES string of the molecule is Cc1nc(NC(=O)COc2cccc(C(C)C)c2)sc1C. The van der Waals surface area contributed by atoms with Crippen LogP contribution in [0.25, 0.3) is 0 Å². The minimum absolute atomic E-state index is 0.0147. The number of aromatic nitrogens is 1. The van der Waals surface area contributed by atoms with Crippen LogP contribution in [0.1, 0.15) is 35.9 Å². The number of hydrogen-bond donors (Lipinski definition) is 1. The zero-order chi connectivity index (χ0) is 15.4. The number of anilines is 1. The van der Waals surface area contributed by atoms with Gasteiger partial charge in [0.25, 0.3) is 5.91 Å². The Bertz CT molecular complexity index is 615. The van der Waals surface area contributed by atoms with Crippen molar-refractivity contribution in [3.05, 3.63) is 40.4 Å². The molecule has 0 radical (unpaired) electrons. The molecule has 0 spiro atoms. The van der Waals surface area contributed by atoms with Crippen LogP contribution < -0.4 is 10.1 Å². The van der Waals surface area contributed by atoms with Crippen LogP contribution >= 0.6 is 11.3 Å². The van der Waals surface area contributed by atoms with Crippen molar-refractivity contribution < 1.29 is 9.53 Å². The molecule has 0 aliphatic carbocycles. The summed E-state index contributed by atoms with van der Waals surface area (Å²) in [6.07, 6.45) is 0. The molecule has 0 saturated heterocycles. The van der Waals surface area contributed by atoms with Crippen molar-refractivity contribution in [2.45, 2.75) is 33.6 Å². The second-order valence-electron chi connectivity index (χ2n) is 5.22. The van der Waals surface area contributed by atoms with Crippen LogP contribution in [0.2, 0.25) is 0 Å². The third-order valence-electron chi connectivity index (χ3n) is 3.17. The maximum atomic E-state index is 11.9. The van der Waals surface area contributed by atoms with Crippen molar-refractivity contribution in [2.24, 2.45) is 0 Å². The maximum absolute atomic E-state index is 11.9. The van der Waals surface area contributed by atoms with E-state index in [0.717, 1.165) is 10.6 Å². The number of amides is 1. The average molecular weight is 304 g/mol. The summed E-state index contributed by atoms with van der Waals surface area (Å²) in [7, 11) is 0. The minimum atomic E-state index is -0.196. The molecule has 1 aromatic heterocycles. The van der Waals surface area contributed by atoms with E-state index in [2.05, 4.69) is 30.2 Å². The van der Waals surface area contributed by atoms with Crippen molar-refractivity contribution in [2.75, 3.05) is 11.9 Å². The van der Waals surface area contributed by atoms with Gasteiger partial charge in [0.15, 0.2) is 11.7 Å². The van der Waals surface area contributed by atoms with Crippen molar-refractivity contribution in [1.29, 1.82) is 0 Å². The van der Waals surface area contributed by atoms with Gasteiger partial charge in [-0.25, -0.2) is 4.98 Å². The van der Waals surface area contributed by atoms with E-state index in [1.54, 1.807) is 0 Å². The number of rotatable bonds is 5. The number of nitrogens with zero attached hydrogens (tertiary/aromatic N) is 1. The molecule has 1 aromatic carbocycles. The molecule has 0 atom stereocenters. The number of carbonyl (C=O) groups is 1. The molecule has 0 fully saturated rings. The summed E-state index contributed by atoms with van der Waals surface area (Å²) >= 11 is 1.47. The van der Waals surface area contributed by atoms with E-state index in [0.29, 0.717) is 16.8 Å². The summed E-state index contributed by atoms with van der Waals surface area (Å²) in [5.41, 5.74) is 2.14. The van der Waals surface area contributed by atoms with Gasteiger partial charge in [-0.15, -0.1) is 11.3 Å². The first kappa shape index (κ1) is 15.5. The number of carbonyl (C=O) groups excluding carboxylic acids is 1. The van der Waals surface area contributed by atoms with Gasteiger partial charge in [0.05, 0.1) is 5.69 Å². The number of thiazole rings is 1. The molecular formula is C16H20N2O2S. The molecule has 21 heavy (non-hydrogen) atoms. The molecule has 1 N–H and O–H groups in total. The predicted octanol–water partition coefficient (Wildman–Crippen LogP) is 3.90. The summed E-state index contributed by atoms with van der Waals surface area (Å²) in [5.74, 6) is 0.949. The number of hydrogen-bond acceptors (Lipinski definition) is 4. The first-order chi connectivity index (χ1) is 9.95. The van der Waals surface area contributed by atoms with Crippen molar-refractivity contribution >= 4 is 22.4 Å². The Morgan fingerprint density at radius 3 is 2.76 bits per heavy atom. The van der Waals surface area contributed by atoms with Gasteiger partial charge >= 0.3 is 0 Å². The highest BCUT2D eigenvalue weighted by Gasteiger charge is 2.09. The van der Waals surface area contributed by atoms with Gasteiger partial charge in [-0.1, -0.05) is 26.0 Å². The molecule has 0 aliphatic heterocycles. The van der Waals surface area contributed by atoms with Gasteiger partial charge in [0.2, 0.25) is 0 Å². The van der Waals surface area contributed by atoms with Crippen LogP contribution in [0.4, 0.5) is 5.13 Å². The highest BCUT2D eigenvalue weighted by atomic mass is 32.1. The van der Waals surface area contributed by atoms with E-state index in [1.807, 2.05) is 32.0 Å². The number of benzene rings is 1. The molecule has 5 heteroatoms. The average Bonchev–Trinajstić information content (AvgIpc) is 2.75. The van der Waals surface area contributed by atoms with Crippen LogP contribution in [-0.4, -0.2) is 17.5 Å². The summed E-state index contributed by atoms with van der Waals surface area (Å²) in [6, 6.07) is 7.82. The molecule has 2 rings (SSSR count). The fraction of sp³-hybridized carbons (Fsp3) is 0.375. The van der Waals surface area contributed by atoms with Gasteiger partial charge in [-0.3, -0.25) is 10.1 Å². The molecule has 112 valence electrons.